The minimum atomic E-state index is -2.35. The number of nitrogens with one attached hydrogen (secondary N) is 1. The molecule has 0 saturated heterocycles. The summed E-state index contributed by atoms with van der Waals surface area (Å²) in [6.45, 7) is 5.56. The lowest BCUT2D eigenvalue weighted by molar-refractivity contribution is -0.121. The van der Waals surface area contributed by atoms with Crippen LogP contribution in [0.1, 0.15) is 27.2 Å². The zero-order valence-corrected chi connectivity index (χ0v) is 14.4. The lowest BCUT2D eigenvalue weighted by atomic mass is 9.90. The Hall–Kier alpha value is -1.99. The van der Waals surface area contributed by atoms with Crippen molar-refractivity contribution in [3.05, 3.63) is 34.9 Å². The van der Waals surface area contributed by atoms with Crippen molar-refractivity contribution >= 4 is 26.8 Å². The number of nitrogens with zero attached hydrogens (tertiary/aromatic N) is 1. The molecule has 2 unspecified atom stereocenters. The number of hydrazone groups is 1. The lowest BCUT2D eigenvalue weighted by Gasteiger charge is -2.23. The Morgan fingerprint density at radius 2 is 2.13 bits per heavy atom. The second kappa shape index (κ2) is 7.06. The molecule has 0 aromatic heterocycles. The van der Waals surface area contributed by atoms with E-state index in [1.165, 1.54) is 7.11 Å². The molecule has 7 heteroatoms. The first-order chi connectivity index (χ1) is 10.8. The molecule has 0 aromatic rings. The fourth-order valence-electron chi connectivity index (χ4n) is 2.79. The standard InChI is InChI=1S/C16H20N2O4S/c1-9-5-6-12(15(22-4)16(9)23(20)21)7-10(2)14-11(3)8-13(19)17-18-14/h5-7,11,15H,8H2,1-4H3,(H,17,19). The summed E-state index contributed by atoms with van der Waals surface area (Å²) in [6.07, 6.45) is 5.21. The summed E-state index contributed by atoms with van der Waals surface area (Å²) >= 11 is 0. The van der Waals surface area contributed by atoms with Crippen LogP contribution in [0.5, 0.6) is 0 Å². The van der Waals surface area contributed by atoms with E-state index in [9.17, 15) is 13.2 Å². The topological polar surface area (TPSA) is 84.8 Å². The van der Waals surface area contributed by atoms with Gasteiger partial charge in [0.05, 0.1) is 5.71 Å². The van der Waals surface area contributed by atoms with Crippen LogP contribution in [0.15, 0.2) is 40.0 Å². The molecule has 0 fully saturated rings. The fourth-order valence-corrected chi connectivity index (χ4v) is 3.53. The Balaban J connectivity index is 2.41. The molecule has 2 aliphatic rings. The quantitative estimate of drug-likeness (QED) is 0.790. The first kappa shape index (κ1) is 17.4. The van der Waals surface area contributed by atoms with Gasteiger partial charge in [-0.3, -0.25) is 4.79 Å². The predicted octanol–water partition coefficient (Wildman–Crippen LogP) is 1.40. The highest BCUT2D eigenvalue weighted by Gasteiger charge is 2.26. The van der Waals surface area contributed by atoms with E-state index in [4.69, 9.17) is 4.74 Å². The van der Waals surface area contributed by atoms with Gasteiger partial charge in [-0.1, -0.05) is 25.2 Å². The van der Waals surface area contributed by atoms with Crippen molar-refractivity contribution < 1.29 is 17.9 Å². The normalized spacial score (nSPS) is 25.4. The molecule has 2 rings (SSSR count). The Morgan fingerprint density at radius 1 is 1.43 bits per heavy atom. The highest BCUT2D eigenvalue weighted by molar-refractivity contribution is 7.73. The molecule has 1 amide bonds. The minimum absolute atomic E-state index is 0.0135. The van der Waals surface area contributed by atoms with Gasteiger partial charge >= 0.3 is 0 Å². The van der Waals surface area contributed by atoms with Crippen LogP contribution < -0.4 is 5.43 Å². The number of carbonyl (C=O) groups excluding carboxylic acids is 1. The van der Waals surface area contributed by atoms with E-state index in [0.29, 0.717) is 12.0 Å². The van der Waals surface area contributed by atoms with Crippen LogP contribution in [0.2, 0.25) is 0 Å². The zero-order valence-electron chi connectivity index (χ0n) is 13.6. The summed E-state index contributed by atoms with van der Waals surface area (Å²) < 4.78 is 28.3. The van der Waals surface area contributed by atoms with Crippen molar-refractivity contribution in [2.75, 3.05) is 7.11 Å². The third-order valence-corrected chi connectivity index (χ3v) is 4.81. The Kier molecular flexibility index (Phi) is 5.33. The summed E-state index contributed by atoms with van der Waals surface area (Å²) in [5, 5.41) is 4.11. The average molecular weight is 336 g/mol. The third kappa shape index (κ3) is 3.68. The van der Waals surface area contributed by atoms with E-state index in [0.717, 1.165) is 16.9 Å². The number of allylic oxidation sites excluding steroid dienone is 3. The first-order valence-corrected chi connectivity index (χ1v) is 8.35. The summed E-state index contributed by atoms with van der Waals surface area (Å²) in [5.74, 6) is -0.0869. The molecule has 0 saturated carbocycles. The monoisotopic (exact) mass is 336 g/mol. The van der Waals surface area contributed by atoms with Crippen molar-refractivity contribution in [2.24, 2.45) is 11.0 Å². The highest BCUT2D eigenvalue weighted by Crippen LogP contribution is 2.23. The van der Waals surface area contributed by atoms with Crippen LogP contribution in [0, 0.1) is 5.92 Å². The molecule has 0 aromatic carbocycles. The van der Waals surface area contributed by atoms with Crippen molar-refractivity contribution in [1.29, 1.82) is 0 Å². The van der Waals surface area contributed by atoms with Crippen molar-refractivity contribution in [3.8, 4) is 0 Å². The fraction of sp³-hybridized carbons (Fsp3) is 0.438. The molecule has 0 spiro atoms. The van der Waals surface area contributed by atoms with Crippen LogP contribution in [-0.4, -0.2) is 38.1 Å². The number of ether oxygens (including phenoxy) is 1. The van der Waals surface area contributed by atoms with Gasteiger partial charge < -0.3 is 4.74 Å². The van der Waals surface area contributed by atoms with E-state index < -0.39 is 16.4 Å². The van der Waals surface area contributed by atoms with Crippen molar-refractivity contribution in [1.82, 2.24) is 5.43 Å². The summed E-state index contributed by atoms with van der Waals surface area (Å²) in [6, 6.07) is 0. The smallest absolute Gasteiger partial charge is 0.240 e. The molecular weight excluding hydrogens is 316 g/mol. The van der Waals surface area contributed by atoms with Gasteiger partial charge in [0.2, 0.25) is 16.2 Å². The molecule has 1 heterocycles. The maximum atomic E-state index is 11.5. The number of methoxy groups -OCH3 is 1. The van der Waals surface area contributed by atoms with Gasteiger partial charge in [0.1, 0.15) is 11.0 Å². The van der Waals surface area contributed by atoms with Crippen LogP contribution >= 0.6 is 0 Å². The Bertz CT molecular complexity index is 777. The molecule has 6 nitrogen and oxygen atoms in total. The van der Waals surface area contributed by atoms with Crippen molar-refractivity contribution in [3.63, 3.8) is 0 Å². The van der Waals surface area contributed by atoms with Crippen LogP contribution in [-0.2, 0) is 19.8 Å². The van der Waals surface area contributed by atoms with E-state index in [-0.39, 0.29) is 16.7 Å². The number of amides is 1. The van der Waals surface area contributed by atoms with Crippen LogP contribution in [0.3, 0.4) is 0 Å². The molecule has 0 bridgehead atoms. The van der Waals surface area contributed by atoms with Crippen LogP contribution in [0.4, 0.5) is 0 Å². The molecule has 23 heavy (non-hydrogen) atoms. The number of carbonyl (C=O) groups is 1. The van der Waals surface area contributed by atoms with E-state index in [1.54, 1.807) is 13.0 Å². The number of hydrogen-bond acceptors (Lipinski definition) is 5. The first-order valence-electron chi connectivity index (χ1n) is 7.28. The van der Waals surface area contributed by atoms with Crippen LogP contribution in [0.25, 0.3) is 0 Å². The molecule has 1 N–H and O–H groups in total. The largest absolute Gasteiger partial charge is 0.371 e. The Morgan fingerprint density at radius 3 is 2.70 bits per heavy atom. The molecule has 2 atom stereocenters. The highest BCUT2D eigenvalue weighted by atomic mass is 32.2. The van der Waals surface area contributed by atoms with Gasteiger partial charge in [0.25, 0.3) is 0 Å². The summed E-state index contributed by atoms with van der Waals surface area (Å²) in [4.78, 5) is 11.6. The van der Waals surface area contributed by atoms with E-state index in [1.807, 2.05) is 26.0 Å². The van der Waals surface area contributed by atoms with E-state index >= 15 is 0 Å². The van der Waals surface area contributed by atoms with Gasteiger partial charge in [-0.05, 0) is 30.6 Å². The zero-order chi connectivity index (χ0) is 17.1. The maximum absolute atomic E-state index is 11.5. The van der Waals surface area contributed by atoms with Gasteiger partial charge in [0, 0.05) is 19.4 Å². The summed E-state index contributed by atoms with van der Waals surface area (Å²) in [5.41, 5.74) is 5.54. The predicted molar refractivity (Wildman–Crippen MR) is 89.7 cm³/mol. The Labute approximate surface area is 137 Å². The second-order valence-corrected chi connectivity index (χ2v) is 6.60. The lowest BCUT2D eigenvalue weighted by Crippen LogP contribution is -2.32. The molecule has 1 aliphatic carbocycles. The molecule has 1 aliphatic heterocycles. The van der Waals surface area contributed by atoms with Gasteiger partial charge in [-0.2, -0.15) is 13.5 Å². The average Bonchev–Trinajstić information content (AvgIpc) is 2.47. The molecule has 0 radical (unpaired) electrons. The SMILES string of the molecule is COC1C(C=C(C)C2=NNC(=O)CC2C)=CC=C(C)C1=S(=O)=O. The maximum Gasteiger partial charge on any atom is 0.240 e. The van der Waals surface area contributed by atoms with Crippen molar-refractivity contribution in [2.45, 2.75) is 33.3 Å². The van der Waals surface area contributed by atoms with Gasteiger partial charge in [-0.15, -0.1) is 0 Å². The number of rotatable bonds is 3. The third-order valence-electron chi connectivity index (χ3n) is 3.92. The summed E-state index contributed by atoms with van der Waals surface area (Å²) in [7, 11) is -0.868. The minimum Gasteiger partial charge on any atom is -0.371 e. The molecular formula is C16H20N2O4S. The van der Waals surface area contributed by atoms with Gasteiger partial charge in [0.15, 0.2) is 0 Å². The second-order valence-electron chi connectivity index (χ2n) is 5.70. The number of hydrogen-bond donors (Lipinski definition) is 1. The van der Waals surface area contributed by atoms with E-state index in [2.05, 4.69) is 10.5 Å². The molecule has 124 valence electrons. The van der Waals surface area contributed by atoms with Gasteiger partial charge in [-0.25, -0.2) is 5.43 Å².